The van der Waals surface area contributed by atoms with Gasteiger partial charge < -0.3 is 24.6 Å². The predicted molar refractivity (Wildman–Crippen MR) is 104 cm³/mol. The second-order valence-corrected chi connectivity index (χ2v) is 6.37. The van der Waals surface area contributed by atoms with Gasteiger partial charge in [0.2, 0.25) is 0 Å². The number of benzene rings is 1. The third kappa shape index (κ3) is 4.16. The normalized spacial score (nSPS) is 16.5. The minimum Gasteiger partial charge on any atom is -0.496 e. The number of rotatable bonds is 6. The number of hydrogen-bond donors (Lipinski definition) is 2. The second-order valence-electron chi connectivity index (χ2n) is 6.37. The summed E-state index contributed by atoms with van der Waals surface area (Å²) >= 11 is 0. The molecular weight excluding hydrogens is 364 g/mol. The molecule has 1 atom stereocenters. The Labute approximate surface area is 163 Å². The molecule has 1 aromatic rings. The third-order valence-electron chi connectivity index (χ3n) is 4.22. The molecule has 0 radical (unpaired) electrons. The Kier molecular flexibility index (Phi) is 6.81. The highest BCUT2D eigenvalue weighted by Gasteiger charge is 2.31. The van der Waals surface area contributed by atoms with Crippen LogP contribution >= 0.6 is 0 Å². The van der Waals surface area contributed by atoms with Crippen LogP contribution in [0, 0.1) is 0 Å². The van der Waals surface area contributed by atoms with Crippen LogP contribution in [0.1, 0.15) is 50.0 Å². The summed E-state index contributed by atoms with van der Waals surface area (Å²) in [5.74, 6) is 0.250. The van der Waals surface area contributed by atoms with Crippen molar-refractivity contribution >= 4 is 17.4 Å². The first-order valence-electron chi connectivity index (χ1n) is 8.60. The number of esters is 1. The zero-order valence-corrected chi connectivity index (χ0v) is 16.5. The number of nitrogens with zero attached hydrogens (tertiary/aromatic N) is 2. The summed E-state index contributed by atoms with van der Waals surface area (Å²) in [6.45, 7) is 5.22. The lowest BCUT2D eigenvalue weighted by Gasteiger charge is -2.25. The molecule has 28 heavy (non-hydrogen) atoms. The van der Waals surface area contributed by atoms with Gasteiger partial charge >= 0.3 is 5.97 Å². The van der Waals surface area contributed by atoms with E-state index >= 15 is 0 Å². The van der Waals surface area contributed by atoms with Gasteiger partial charge in [-0.15, -0.1) is 0 Å². The molecular formula is C20H24N2O6. The Bertz CT molecular complexity index is 879. The van der Waals surface area contributed by atoms with E-state index in [4.69, 9.17) is 14.2 Å². The van der Waals surface area contributed by atoms with Crippen LogP contribution in [0.25, 0.3) is 0 Å². The first-order chi connectivity index (χ1) is 13.4. The van der Waals surface area contributed by atoms with Gasteiger partial charge in [-0.2, -0.15) is 0 Å². The summed E-state index contributed by atoms with van der Waals surface area (Å²) in [5.41, 5.74) is 2.81. The Morgan fingerprint density at radius 3 is 2.14 bits per heavy atom. The standard InChI is InChI=1S/C20H24N2O6/c1-11(2)6-9-16(28-12(3)23)13-10-17(26-4)18-14(21-24)7-8-15(22-25)19(18)20(13)27-5/h6-8,10,16,24-25H,9H2,1-5H3/b21-14+,22-15+. The smallest absolute Gasteiger partial charge is 0.303 e. The van der Waals surface area contributed by atoms with Crippen LogP contribution in [0.15, 0.2) is 40.2 Å². The molecule has 1 aliphatic carbocycles. The predicted octanol–water partition coefficient (Wildman–Crippen LogP) is 3.59. The number of carbonyl (C=O) groups excluding carboxylic acids is 1. The fourth-order valence-electron chi connectivity index (χ4n) is 3.05. The molecule has 2 N–H and O–H groups in total. The first kappa shape index (κ1) is 21.0. The van der Waals surface area contributed by atoms with Gasteiger partial charge in [-0.3, -0.25) is 4.79 Å². The molecule has 0 bridgehead atoms. The molecule has 0 aliphatic heterocycles. The minimum absolute atomic E-state index is 0.197. The van der Waals surface area contributed by atoms with E-state index in [1.807, 2.05) is 19.9 Å². The quantitative estimate of drug-likeness (QED) is 0.333. The lowest BCUT2D eigenvalue weighted by molar-refractivity contribution is -0.146. The molecule has 0 saturated heterocycles. The average molecular weight is 388 g/mol. The van der Waals surface area contributed by atoms with Crippen molar-refractivity contribution in [3.8, 4) is 11.5 Å². The van der Waals surface area contributed by atoms with E-state index in [0.717, 1.165) is 5.57 Å². The highest BCUT2D eigenvalue weighted by Crippen LogP contribution is 2.42. The van der Waals surface area contributed by atoms with E-state index in [2.05, 4.69) is 10.3 Å². The number of hydrogen-bond acceptors (Lipinski definition) is 8. The second kappa shape index (κ2) is 9.07. The summed E-state index contributed by atoms with van der Waals surface area (Å²) in [6, 6.07) is 1.67. The van der Waals surface area contributed by atoms with Crippen molar-refractivity contribution in [1.82, 2.24) is 0 Å². The van der Waals surface area contributed by atoms with Crippen molar-refractivity contribution in [3.63, 3.8) is 0 Å². The van der Waals surface area contributed by atoms with E-state index in [1.54, 1.807) is 6.07 Å². The van der Waals surface area contributed by atoms with Crippen LogP contribution in [0.2, 0.25) is 0 Å². The van der Waals surface area contributed by atoms with E-state index in [-0.39, 0.29) is 11.4 Å². The summed E-state index contributed by atoms with van der Waals surface area (Å²) < 4.78 is 16.6. The van der Waals surface area contributed by atoms with E-state index in [0.29, 0.717) is 34.6 Å². The maximum atomic E-state index is 11.7. The SMILES string of the molecule is COc1cc(C(CC=C(C)C)OC(C)=O)c(OC)c2c1/C(=N/O)C=C/C2=N\O. The van der Waals surface area contributed by atoms with Gasteiger partial charge in [0.05, 0.1) is 25.3 Å². The summed E-state index contributed by atoms with van der Waals surface area (Å²) in [6.07, 6.45) is 4.69. The lowest BCUT2D eigenvalue weighted by Crippen LogP contribution is -2.19. The van der Waals surface area contributed by atoms with Crippen molar-refractivity contribution in [2.45, 2.75) is 33.3 Å². The summed E-state index contributed by atoms with van der Waals surface area (Å²) in [7, 11) is 2.92. The number of allylic oxidation sites excluding steroid dienone is 3. The largest absolute Gasteiger partial charge is 0.496 e. The fraction of sp³-hybridized carbons (Fsp3) is 0.350. The molecule has 0 fully saturated rings. The van der Waals surface area contributed by atoms with Gasteiger partial charge in [-0.1, -0.05) is 22.0 Å². The maximum absolute atomic E-state index is 11.7. The number of oxime groups is 2. The molecule has 0 saturated carbocycles. The van der Waals surface area contributed by atoms with Gasteiger partial charge in [0.15, 0.2) is 0 Å². The molecule has 1 aliphatic rings. The first-order valence-corrected chi connectivity index (χ1v) is 8.60. The van der Waals surface area contributed by atoms with Crippen LogP contribution in [0.4, 0.5) is 0 Å². The monoisotopic (exact) mass is 388 g/mol. The van der Waals surface area contributed by atoms with Crippen molar-refractivity contribution in [3.05, 3.63) is 46.6 Å². The molecule has 2 rings (SSSR count). The van der Waals surface area contributed by atoms with Crippen molar-refractivity contribution in [1.29, 1.82) is 0 Å². The van der Waals surface area contributed by atoms with E-state index in [9.17, 15) is 15.2 Å². The van der Waals surface area contributed by atoms with Gasteiger partial charge in [-0.25, -0.2) is 0 Å². The molecule has 1 unspecified atom stereocenters. The zero-order valence-electron chi connectivity index (χ0n) is 16.5. The molecule has 0 heterocycles. The molecule has 0 amide bonds. The average Bonchev–Trinajstić information content (AvgIpc) is 2.68. The van der Waals surface area contributed by atoms with Crippen LogP contribution in [0.3, 0.4) is 0 Å². The number of methoxy groups -OCH3 is 2. The Balaban J connectivity index is 2.82. The molecule has 8 nitrogen and oxygen atoms in total. The van der Waals surface area contributed by atoms with Crippen LogP contribution in [-0.2, 0) is 9.53 Å². The number of carbonyl (C=O) groups is 1. The lowest BCUT2D eigenvalue weighted by atomic mass is 9.88. The van der Waals surface area contributed by atoms with Crippen molar-refractivity contribution < 1.29 is 29.4 Å². The highest BCUT2D eigenvalue weighted by atomic mass is 16.5. The number of fused-ring (bicyclic) bond motifs is 1. The minimum atomic E-state index is -0.651. The van der Waals surface area contributed by atoms with Crippen LogP contribution < -0.4 is 9.47 Å². The van der Waals surface area contributed by atoms with Crippen molar-refractivity contribution in [2.75, 3.05) is 14.2 Å². The summed E-state index contributed by atoms with van der Waals surface area (Å²) in [5, 5.41) is 25.5. The highest BCUT2D eigenvalue weighted by molar-refractivity contribution is 6.27. The Morgan fingerprint density at radius 1 is 1.07 bits per heavy atom. The Hall–Kier alpha value is -3.29. The molecule has 0 aromatic heterocycles. The van der Waals surface area contributed by atoms with Gasteiger partial charge in [0.25, 0.3) is 0 Å². The fourth-order valence-corrected chi connectivity index (χ4v) is 3.05. The van der Waals surface area contributed by atoms with Crippen molar-refractivity contribution in [2.24, 2.45) is 10.3 Å². The maximum Gasteiger partial charge on any atom is 0.303 e. The molecule has 150 valence electrons. The number of ether oxygens (including phenoxy) is 3. The Morgan fingerprint density at radius 2 is 1.68 bits per heavy atom. The van der Waals surface area contributed by atoms with Crippen LogP contribution in [-0.4, -0.2) is 42.0 Å². The van der Waals surface area contributed by atoms with E-state index in [1.165, 1.54) is 33.3 Å². The van der Waals surface area contributed by atoms with Gasteiger partial charge in [0.1, 0.15) is 29.0 Å². The topological polar surface area (TPSA) is 110 Å². The molecule has 1 aromatic carbocycles. The molecule has 8 heteroatoms. The van der Waals surface area contributed by atoms with Crippen LogP contribution in [0.5, 0.6) is 11.5 Å². The third-order valence-corrected chi connectivity index (χ3v) is 4.22. The molecule has 0 spiro atoms. The summed E-state index contributed by atoms with van der Waals surface area (Å²) in [4.78, 5) is 11.7. The van der Waals surface area contributed by atoms with Gasteiger partial charge in [-0.05, 0) is 32.1 Å². The van der Waals surface area contributed by atoms with E-state index < -0.39 is 12.1 Å². The zero-order chi connectivity index (χ0) is 20.8. The van der Waals surface area contributed by atoms with Gasteiger partial charge in [0, 0.05) is 18.9 Å².